The second-order valence-corrected chi connectivity index (χ2v) is 4.87. The molecule has 0 saturated carbocycles. The lowest BCUT2D eigenvalue weighted by atomic mass is 10.2. The van der Waals surface area contributed by atoms with Gasteiger partial charge in [-0.25, -0.2) is 0 Å². The summed E-state index contributed by atoms with van der Waals surface area (Å²) in [7, 11) is 0. The van der Waals surface area contributed by atoms with E-state index in [4.69, 9.17) is 4.42 Å². The summed E-state index contributed by atoms with van der Waals surface area (Å²) >= 11 is 0. The standard InChI is InChI=1S/C17H15N3O3/c21-16(12-5-2-1-3-6-12)20-15-9-8-14(19-15)17(22)18-11-13-7-4-10-23-13/h1-10,19H,11H2,(H,18,22)(H,20,21). The highest BCUT2D eigenvalue weighted by molar-refractivity contribution is 6.04. The van der Waals surface area contributed by atoms with E-state index in [0.29, 0.717) is 29.4 Å². The Morgan fingerprint density at radius 3 is 2.52 bits per heavy atom. The highest BCUT2D eigenvalue weighted by atomic mass is 16.3. The molecule has 0 bridgehead atoms. The molecule has 0 aliphatic heterocycles. The van der Waals surface area contributed by atoms with E-state index in [9.17, 15) is 9.59 Å². The van der Waals surface area contributed by atoms with Gasteiger partial charge in [0.05, 0.1) is 12.8 Å². The maximum atomic E-state index is 12.0. The van der Waals surface area contributed by atoms with Crippen molar-refractivity contribution < 1.29 is 14.0 Å². The molecule has 0 unspecified atom stereocenters. The molecule has 2 aromatic heterocycles. The summed E-state index contributed by atoms with van der Waals surface area (Å²) in [5, 5.41) is 5.43. The number of furan rings is 1. The van der Waals surface area contributed by atoms with Crippen LogP contribution in [0.2, 0.25) is 0 Å². The highest BCUT2D eigenvalue weighted by Gasteiger charge is 2.11. The minimum atomic E-state index is -0.276. The molecule has 1 aromatic carbocycles. The number of nitrogens with one attached hydrogen (secondary N) is 3. The number of rotatable bonds is 5. The van der Waals surface area contributed by atoms with Crippen molar-refractivity contribution in [3.63, 3.8) is 0 Å². The zero-order valence-corrected chi connectivity index (χ0v) is 12.2. The predicted octanol–water partition coefficient (Wildman–Crippen LogP) is 2.79. The highest BCUT2D eigenvalue weighted by Crippen LogP contribution is 2.10. The van der Waals surface area contributed by atoms with Crippen LogP contribution in [0.15, 0.2) is 65.3 Å². The van der Waals surface area contributed by atoms with E-state index < -0.39 is 0 Å². The number of carbonyl (C=O) groups excluding carboxylic acids is 2. The molecule has 2 amide bonds. The predicted molar refractivity (Wildman–Crippen MR) is 85.1 cm³/mol. The first-order chi connectivity index (χ1) is 11.2. The van der Waals surface area contributed by atoms with E-state index in [1.54, 1.807) is 54.8 Å². The lowest BCUT2D eigenvalue weighted by molar-refractivity contribution is 0.0942. The third-order valence-electron chi connectivity index (χ3n) is 3.22. The van der Waals surface area contributed by atoms with Gasteiger partial charge in [0.25, 0.3) is 11.8 Å². The first-order valence-corrected chi connectivity index (χ1v) is 7.08. The summed E-state index contributed by atoms with van der Waals surface area (Å²) < 4.78 is 5.14. The zero-order valence-electron chi connectivity index (χ0n) is 12.2. The number of benzene rings is 1. The minimum Gasteiger partial charge on any atom is -0.467 e. The molecule has 0 aliphatic carbocycles. The van der Waals surface area contributed by atoms with Crippen LogP contribution in [-0.4, -0.2) is 16.8 Å². The Balaban J connectivity index is 1.59. The van der Waals surface area contributed by atoms with E-state index in [0.717, 1.165) is 0 Å². The molecule has 0 aliphatic rings. The molecule has 0 atom stereocenters. The van der Waals surface area contributed by atoms with Crippen molar-refractivity contribution in [2.75, 3.05) is 5.32 Å². The second-order valence-electron chi connectivity index (χ2n) is 4.87. The fourth-order valence-corrected chi connectivity index (χ4v) is 2.06. The van der Waals surface area contributed by atoms with Crippen LogP contribution in [-0.2, 0) is 6.54 Å². The van der Waals surface area contributed by atoms with Gasteiger partial charge in [-0.3, -0.25) is 9.59 Å². The molecule has 116 valence electrons. The summed E-state index contributed by atoms with van der Waals surface area (Å²) in [5.74, 6) is 0.612. The van der Waals surface area contributed by atoms with Crippen molar-refractivity contribution in [2.45, 2.75) is 6.54 Å². The minimum absolute atomic E-state index is 0.241. The summed E-state index contributed by atoms with van der Waals surface area (Å²) in [4.78, 5) is 26.9. The fraction of sp³-hybridized carbons (Fsp3) is 0.0588. The SMILES string of the molecule is O=C(Nc1ccc(C(=O)NCc2ccco2)[nH]1)c1ccccc1. The van der Waals surface area contributed by atoms with Crippen molar-refractivity contribution in [1.29, 1.82) is 0 Å². The Kier molecular flexibility index (Phi) is 4.24. The second kappa shape index (κ2) is 6.65. The van der Waals surface area contributed by atoms with E-state index in [1.165, 1.54) is 0 Å². The van der Waals surface area contributed by atoms with Gasteiger partial charge < -0.3 is 20.0 Å². The van der Waals surface area contributed by atoms with Crippen molar-refractivity contribution in [3.8, 4) is 0 Å². The van der Waals surface area contributed by atoms with Gasteiger partial charge in [0, 0.05) is 5.56 Å². The molecule has 2 heterocycles. The first-order valence-electron chi connectivity index (χ1n) is 7.08. The fourth-order valence-electron chi connectivity index (χ4n) is 2.06. The summed E-state index contributed by atoms with van der Waals surface area (Å²) in [5.41, 5.74) is 0.908. The van der Waals surface area contributed by atoms with Gasteiger partial charge in [0.15, 0.2) is 0 Å². The van der Waals surface area contributed by atoms with Crippen molar-refractivity contribution in [3.05, 3.63) is 77.9 Å². The van der Waals surface area contributed by atoms with E-state index in [-0.39, 0.29) is 11.8 Å². The lowest BCUT2D eigenvalue weighted by Crippen LogP contribution is -2.23. The number of aromatic amines is 1. The Labute approximate surface area is 132 Å². The average molecular weight is 309 g/mol. The number of aromatic nitrogens is 1. The van der Waals surface area contributed by atoms with Gasteiger partial charge in [-0.2, -0.15) is 0 Å². The molecule has 0 spiro atoms. The number of anilines is 1. The molecular weight excluding hydrogens is 294 g/mol. The maximum Gasteiger partial charge on any atom is 0.268 e. The lowest BCUT2D eigenvalue weighted by Gasteiger charge is -2.03. The van der Waals surface area contributed by atoms with Crippen LogP contribution in [0.5, 0.6) is 0 Å². The van der Waals surface area contributed by atoms with Gasteiger partial charge in [0.1, 0.15) is 17.3 Å². The molecular formula is C17H15N3O3. The largest absolute Gasteiger partial charge is 0.467 e. The Bertz CT molecular complexity index is 792. The van der Waals surface area contributed by atoms with Gasteiger partial charge in [-0.05, 0) is 36.4 Å². The van der Waals surface area contributed by atoms with Crippen LogP contribution < -0.4 is 10.6 Å². The van der Waals surface area contributed by atoms with Gasteiger partial charge in [0.2, 0.25) is 0 Å². The number of hydrogen-bond acceptors (Lipinski definition) is 3. The third kappa shape index (κ3) is 3.68. The Hall–Kier alpha value is -3.28. The number of hydrogen-bond donors (Lipinski definition) is 3. The molecule has 0 radical (unpaired) electrons. The summed E-state index contributed by atoms with van der Waals surface area (Å²) in [6.07, 6.45) is 1.55. The maximum absolute atomic E-state index is 12.0. The average Bonchev–Trinajstić information content (AvgIpc) is 3.25. The van der Waals surface area contributed by atoms with Gasteiger partial charge in [-0.1, -0.05) is 18.2 Å². The molecule has 3 rings (SSSR count). The molecule has 6 nitrogen and oxygen atoms in total. The Morgan fingerprint density at radius 2 is 1.78 bits per heavy atom. The smallest absolute Gasteiger partial charge is 0.268 e. The molecule has 3 N–H and O–H groups in total. The number of amides is 2. The summed E-state index contributed by atoms with van der Waals surface area (Å²) in [6, 6.07) is 15.6. The number of carbonyl (C=O) groups is 2. The molecule has 23 heavy (non-hydrogen) atoms. The van der Waals surface area contributed by atoms with E-state index in [2.05, 4.69) is 15.6 Å². The van der Waals surface area contributed by atoms with Gasteiger partial charge >= 0.3 is 0 Å². The van der Waals surface area contributed by atoms with Crippen LogP contribution >= 0.6 is 0 Å². The van der Waals surface area contributed by atoms with Crippen molar-refractivity contribution in [1.82, 2.24) is 10.3 Å². The molecule has 0 fully saturated rings. The van der Waals surface area contributed by atoms with Crippen LogP contribution in [0.1, 0.15) is 26.6 Å². The Morgan fingerprint density at radius 1 is 0.957 bits per heavy atom. The quantitative estimate of drug-likeness (QED) is 0.677. The molecule has 0 saturated heterocycles. The van der Waals surface area contributed by atoms with Crippen LogP contribution in [0.3, 0.4) is 0 Å². The van der Waals surface area contributed by atoms with Crippen molar-refractivity contribution in [2.24, 2.45) is 0 Å². The molecule has 3 aromatic rings. The zero-order chi connectivity index (χ0) is 16.1. The molecule has 6 heteroatoms. The van der Waals surface area contributed by atoms with Crippen LogP contribution in [0.4, 0.5) is 5.82 Å². The van der Waals surface area contributed by atoms with Crippen LogP contribution in [0, 0.1) is 0 Å². The van der Waals surface area contributed by atoms with Crippen molar-refractivity contribution >= 4 is 17.6 Å². The third-order valence-corrected chi connectivity index (χ3v) is 3.22. The monoisotopic (exact) mass is 309 g/mol. The van der Waals surface area contributed by atoms with Crippen LogP contribution in [0.25, 0.3) is 0 Å². The first kappa shape index (κ1) is 14.6. The topological polar surface area (TPSA) is 87.1 Å². The van der Waals surface area contributed by atoms with E-state index >= 15 is 0 Å². The number of H-pyrrole nitrogens is 1. The van der Waals surface area contributed by atoms with E-state index in [1.807, 2.05) is 6.07 Å². The normalized spacial score (nSPS) is 10.3. The summed E-state index contributed by atoms with van der Waals surface area (Å²) in [6.45, 7) is 0.302. The van der Waals surface area contributed by atoms with Gasteiger partial charge in [-0.15, -0.1) is 0 Å².